The van der Waals surface area contributed by atoms with Crippen molar-refractivity contribution in [2.24, 2.45) is 0 Å². The van der Waals surface area contributed by atoms with Crippen molar-refractivity contribution in [1.82, 2.24) is 0 Å². The zero-order valence-corrected chi connectivity index (χ0v) is 6.80. The largest absolute Gasteiger partial charge is 0.286 e. The van der Waals surface area contributed by atoms with Gasteiger partial charge in [-0.15, -0.1) is 0 Å². The minimum Gasteiger partial charge on any atom is -0.286 e. The van der Waals surface area contributed by atoms with Crippen LogP contribution in [0.3, 0.4) is 0 Å². The summed E-state index contributed by atoms with van der Waals surface area (Å²) in [7, 11) is 0. The molecule has 0 saturated heterocycles. The molecule has 0 unspecified atom stereocenters. The number of hydrogen-bond donors (Lipinski definition) is 0. The minimum atomic E-state index is -0.351. The Bertz CT molecular complexity index is 276. The van der Waals surface area contributed by atoms with Crippen LogP contribution in [-0.4, -0.2) is 11.6 Å². The first kappa shape index (κ1) is 7.47. The van der Waals surface area contributed by atoms with Gasteiger partial charge in [0.1, 0.15) is 0 Å². The third-order valence-corrected chi connectivity index (χ3v) is 2.41. The van der Waals surface area contributed by atoms with Crippen LogP contribution in [-0.2, 0) is 9.59 Å². The zero-order chi connectivity index (χ0) is 8.55. The van der Waals surface area contributed by atoms with Gasteiger partial charge in [0.2, 0.25) is 11.6 Å². The summed E-state index contributed by atoms with van der Waals surface area (Å²) in [6, 6.07) is 0. The summed E-state index contributed by atoms with van der Waals surface area (Å²) in [5.41, 5.74) is 2.18. The van der Waals surface area contributed by atoms with Gasteiger partial charge in [-0.05, 0) is 49.0 Å². The predicted molar refractivity (Wildman–Crippen MR) is 44.6 cm³/mol. The SMILES string of the molecule is O=C1C=C2CCCCC2=CC1=O. The lowest BCUT2D eigenvalue weighted by Crippen LogP contribution is -2.16. The van der Waals surface area contributed by atoms with Gasteiger partial charge >= 0.3 is 0 Å². The molecule has 2 aliphatic carbocycles. The Morgan fingerprint density at radius 2 is 1.25 bits per heavy atom. The van der Waals surface area contributed by atoms with Crippen LogP contribution in [0.5, 0.6) is 0 Å². The highest BCUT2D eigenvalue weighted by molar-refractivity contribution is 6.46. The number of fused-ring (bicyclic) bond motifs is 1. The van der Waals surface area contributed by atoms with E-state index < -0.39 is 0 Å². The van der Waals surface area contributed by atoms with Crippen LogP contribution in [0, 0.1) is 0 Å². The van der Waals surface area contributed by atoms with Crippen LogP contribution >= 0.6 is 0 Å². The van der Waals surface area contributed by atoms with Crippen molar-refractivity contribution >= 4 is 11.6 Å². The Balaban J connectivity index is 2.35. The van der Waals surface area contributed by atoms with Crippen molar-refractivity contribution in [3.8, 4) is 0 Å². The van der Waals surface area contributed by atoms with Gasteiger partial charge in [-0.2, -0.15) is 0 Å². The first-order valence-corrected chi connectivity index (χ1v) is 4.27. The van der Waals surface area contributed by atoms with Gasteiger partial charge in [0.25, 0.3) is 0 Å². The van der Waals surface area contributed by atoms with Gasteiger partial charge in [-0.3, -0.25) is 9.59 Å². The van der Waals surface area contributed by atoms with E-state index in [1.807, 2.05) is 0 Å². The molecule has 12 heavy (non-hydrogen) atoms. The van der Waals surface area contributed by atoms with Gasteiger partial charge in [-0.1, -0.05) is 0 Å². The highest BCUT2D eigenvalue weighted by atomic mass is 16.2. The average Bonchev–Trinajstić information content (AvgIpc) is 2.07. The Labute approximate surface area is 71.0 Å². The van der Waals surface area contributed by atoms with E-state index in [1.54, 1.807) is 0 Å². The van der Waals surface area contributed by atoms with Crippen LogP contribution in [0.15, 0.2) is 23.3 Å². The molecule has 0 heterocycles. The lowest BCUT2D eigenvalue weighted by molar-refractivity contribution is -0.131. The molecular weight excluding hydrogens is 152 g/mol. The highest BCUT2D eigenvalue weighted by Crippen LogP contribution is 2.30. The third-order valence-electron chi connectivity index (χ3n) is 2.41. The molecule has 62 valence electrons. The lowest BCUT2D eigenvalue weighted by Gasteiger charge is -2.19. The maximum atomic E-state index is 11.0. The number of carbonyl (C=O) groups is 2. The molecule has 2 aliphatic rings. The topological polar surface area (TPSA) is 34.1 Å². The number of carbonyl (C=O) groups excluding carboxylic acids is 2. The monoisotopic (exact) mass is 162 g/mol. The number of ketones is 2. The van der Waals surface area contributed by atoms with E-state index in [2.05, 4.69) is 0 Å². The molecule has 0 aromatic rings. The predicted octanol–water partition coefficient (Wildman–Crippen LogP) is 1.56. The first-order valence-electron chi connectivity index (χ1n) is 4.27. The summed E-state index contributed by atoms with van der Waals surface area (Å²) < 4.78 is 0. The van der Waals surface area contributed by atoms with Gasteiger partial charge in [0.05, 0.1) is 0 Å². The minimum absolute atomic E-state index is 0.351. The first-order chi connectivity index (χ1) is 5.77. The van der Waals surface area contributed by atoms with Gasteiger partial charge < -0.3 is 0 Å². The van der Waals surface area contributed by atoms with Crippen molar-refractivity contribution in [2.45, 2.75) is 25.7 Å². The smallest absolute Gasteiger partial charge is 0.225 e. The van der Waals surface area contributed by atoms with Crippen LogP contribution in [0.2, 0.25) is 0 Å². The molecule has 1 saturated carbocycles. The molecule has 0 aromatic carbocycles. The van der Waals surface area contributed by atoms with Gasteiger partial charge in [0, 0.05) is 0 Å². The summed E-state index contributed by atoms with van der Waals surface area (Å²) >= 11 is 0. The van der Waals surface area contributed by atoms with Crippen molar-refractivity contribution < 1.29 is 9.59 Å². The lowest BCUT2D eigenvalue weighted by atomic mass is 9.85. The zero-order valence-electron chi connectivity index (χ0n) is 6.80. The molecule has 0 aliphatic heterocycles. The molecule has 0 radical (unpaired) electrons. The van der Waals surface area contributed by atoms with Crippen LogP contribution in [0.4, 0.5) is 0 Å². The normalized spacial score (nSPS) is 23.0. The second kappa shape index (κ2) is 2.70. The van der Waals surface area contributed by atoms with E-state index >= 15 is 0 Å². The average molecular weight is 162 g/mol. The van der Waals surface area contributed by atoms with E-state index in [0.29, 0.717) is 0 Å². The van der Waals surface area contributed by atoms with E-state index in [9.17, 15) is 9.59 Å². The Morgan fingerprint density at radius 1 is 0.833 bits per heavy atom. The molecule has 0 spiro atoms. The fourth-order valence-corrected chi connectivity index (χ4v) is 1.74. The number of hydrogen-bond acceptors (Lipinski definition) is 2. The highest BCUT2D eigenvalue weighted by Gasteiger charge is 2.21. The van der Waals surface area contributed by atoms with E-state index in [1.165, 1.54) is 12.2 Å². The molecule has 2 rings (SSSR count). The third kappa shape index (κ3) is 1.13. The van der Waals surface area contributed by atoms with Crippen molar-refractivity contribution in [3.63, 3.8) is 0 Å². The molecule has 0 atom stereocenters. The molecule has 0 N–H and O–H groups in total. The summed E-state index contributed by atoms with van der Waals surface area (Å²) in [6.07, 6.45) is 7.23. The van der Waals surface area contributed by atoms with Crippen LogP contribution in [0.1, 0.15) is 25.7 Å². The molecule has 0 amide bonds. The quantitative estimate of drug-likeness (QED) is 0.400. The summed E-state index contributed by atoms with van der Waals surface area (Å²) in [6.45, 7) is 0. The second-order valence-corrected chi connectivity index (χ2v) is 3.27. The van der Waals surface area contributed by atoms with Crippen LogP contribution < -0.4 is 0 Å². The Morgan fingerprint density at radius 3 is 1.67 bits per heavy atom. The molecule has 2 heteroatoms. The van der Waals surface area contributed by atoms with Crippen LogP contribution in [0.25, 0.3) is 0 Å². The Kier molecular flexibility index (Phi) is 1.68. The Hall–Kier alpha value is -1.18. The van der Waals surface area contributed by atoms with Gasteiger partial charge in [0.15, 0.2) is 0 Å². The number of allylic oxidation sites excluding steroid dienone is 4. The molecule has 1 fully saturated rings. The summed E-state index contributed by atoms with van der Waals surface area (Å²) in [4.78, 5) is 22.0. The van der Waals surface area contributed by atoms with E-state index in [-0.39, 0.29) is 11.6 Å². The van der Waals surface area contributed by atoms with E-state index in [0.717, 1.165) is 36.8 Å². The maximum Gasteiger partial charge on any atom is 0.225 e. The molecular formula is C10H10O2. The second-order valence-electron chi connectivity index (χ2n) is 3.27. The molecule has 0 aromatic heterocycles. The summed E-state index contributed by atoms with van der Waals surface area (Å²) in [5.74, 6) is -0.702. The fourth-order valence-electron chi connectivity index (χ4n) is 1.74. The maximum absolute atomic E-state index is 11.0. The van der Waals surface area contributed by atoms with Gasteiger partial charge in [-0.25, -0.2) is 0 Å². The molecule has 2 nitrogen and oxygen atoms in total. The standard InChI is InChI=1S/C10H10O2/c11-9-5-7-3-1-2-4-8(7)6-10(9)12/h5-6H,1-4H2. The van der Waals surface area contributed by atoms with E-state index in [4.69, 9.17) is 0 Å². The summed E-state index contributed by atoms with van der Waals surface area (Å²) in [5, 5.41) is 0. The van der Waals surface area contributed by atoms with Crippen molar-refractivity contribution in [3.05, 3.63) is 23.3 Å². The van der Waals surface area contributed by atoms with Crippen molar-refractivity contribution in [1.29, 1.82) is 0 Å². The van der Waals surface area contributed by atoms with Crippen molar-refractivity contribution in [2.75, 3.05) is 0 Å². The molecule has 0 bridgehead atoms. The number of rotatable bonds is 0. The fraction of sp³-hybridized carbons (Fsp3) is 0.400.